The summed E-state index contributed by atoms with van der Waals surface area (Å²) in [4.78, 5) is 51.0. The Kier molecular flexibility index (Phi) is 15.0. The van der Waals surface area contributed by atoms with E-state index >= 15 is 0 Å². The van der Waals surface area contributed by atoms with E-state index in [2.05, 4.69) is 27.2 Å². The molecule has 18 heteroatoms. The first kappa shape index (κ1) is 50.7. The molecule has 6 N–H and O–H groups in total. The van der Waals surface area contributed by atoms with Gasteiger partial charge >= 0.3 is 5.97 Å². The van der Waals surface area contributed by atoms with Crippen molar-refractivity contribution in [3.63, 3.8) is 0 Å². The lowest BCUT2D eigenvalue weighted by Gasteiger charge is -2.38. The lowest BCUT2D eigenvalue weighted by molar-refractivity contribution is -0.160. The summed E-state index contributed by atoms with van der Waals surface area (Å²) < 4.78 is 30.8. The zero-order valence-electron chi connectivity index (χ0n) is 40.9. The van der Waals surface area contributed by atoms with Crippen molar-refractivity contribution in [2.75, 3.05) is 50.1 Å². The third-order valence-corrected chi connectivity index (χ3v) is 14.1. The number of oxime groups is 1. The summed E-state index contributed by atoms with van der Waals surface area (Å²) in [6.45, 7) is 18.9. The Balaban J connectivity index is 1.44. The maximum atomic E-state index is 15.0. The average Bonchev–Trinajstić information content (AvgIpc) is 3.63. The number of hydrogen-bond acceptors (Lipinski definition) is 17. The van der Waals surface area contributed by atoms with Crippen LogP contribution >= 0.6 is 0 Å². The predicted octanol–water partition coefficient (Wildman–Crippen LogP) is 6.57. The summed E-state index contributed by atoms with van der Waals surface area (Å²) >= 11 is 0. The van der Waals surface area contributed by atoms with E-state index in [0.717, 1.165) is 32.5 Å². The van der Waals surface area contributed by atoms with Gasteiger partial charge in [-0.1, -0.05) is 64.4 Å². The highest BCUT2D eigenvalue weighted by Crippen LogP contribution is 2.51. The molecule has 0 aromatic heterocycles. The van der Waals surface area contributed by atoms with Crippen molar-refractivity contribution in [1.82, 2.24) is 9.88 Å². The SMILES string of the molecule is CCCCN1CCN(c2cc(O)c3nc4c5c6c7c(C)c(O)c5c(=O)c(c-4oc3c2)NC(=O)/C(C)=C\C=C\[C@H](C)[C@H](O)[C@@H](C)[C@@H](O)[C@@H](C)[C@H](OC(C)=O)[C@H](C)[C@@H](OC)/C=C/O[C@@](C)(O7)/C6=N\O)CC1. The molecule has 6 aliphatic rings. The summed E-state index contributed by atoms with van der Waals surface area (Å²) in [5, 5.41) is 63.5. The second kappa shape index (κ2) is 20.4. The summed E-state index contributed by atoms with van der Waals surface area (Å²) in [5.41, 5.74) is -0.531. The molecule has 5 heterocycles. The van der Waals surface area contributed by atoms with Gasteiger partial charge < -0.3 is 59.2 Å². The van der Waals surface area contributed by atoms with Crippen molar-refractivity contribution >= 4 is 50.8 Å². The number of nitrogens with zero attached hydrogens (tertiary/aromatic N) is 4. The number of aliphatic hydroxyl groups excluding tert-OH is 2. The van der Waals surface area contributed by atoms with Gasteiger partial charge in [-0.05, 0) is 32.9 Å². The quantitative estimate of drug-likeness (QED) is 0.0393. The number of benzene rings is 3. The topological polar surface area (TPSA) is 246 Å². The van der Waals surface area contributed by atoms with Gasteiger partial charge in [-0.15, -0.1) is 0 Å². The van der Waals surface area contributed by atoms with E-state index in [0.29, 0.717) is 18.8 Å². The number of aromatic nitrogens is 1. The second-order valence-electron chi connectivity index (χ2n) is 18.8. The molecule has 9 atom stereocenters. The third-order valence-electron chi connectivity index (χ3n) is 14.1. The number of rotatable bonds is 6. The van der Waals surface area contributed by atoms with Gasteiger partial charge in [0.25, 0.3) is 11.7 Å². The van der Waals surface area contributed by atoms with Gasteiger partial charge in [0.1, 0.15) is 40.3 Å². The molecule has 1 saturated heterocycles. The van der Waals surface area contributed by atoms with Crippen LogP contribution in [0.15, 0.2) is 62.6 Å². The molecule has 0 unspecified atom stereocenters. The van der Waals surface area contributed by atoms with Crippen LogP contribution in [0, 0.1) is 30.6 Å². The Hall–Kier alpha value is -6.21. The number of phenols is 2. The van der Waals surface area contributed by atoms with Crippen molar-refractivity contribution in [2.24, 2.45) is 28.8 Å². The van der Waals surface area contributed by atoms with Gasteiger partial charge in [-0.3, -0.25) is 19.3 Å². The van der Waals surface area contributed by atoms with Crippen LogP contribution in [0.1, 0.15) is 79.4 Å². The molecule has 1 aliphatic carbocycles. The molecule has 5 aliphatic heterocycles. The van der Waals surface area contributed by atoms with Crippen molar-refractivity contribution in [3.05, 3.63) is 69.6 Å². The van der Waals surface area contributed by atoms with Gasteiger partial charge in [0, 0.05) is 105 Å². The molecule has 18 nitrogen and oxygen atoms in total. The predicted molar refractivity (Wildman–Crippen MR) is 260 cm³/mol. The molecule has 2 aromatic rings. The van der Waals surface area contributed by atoms with Gasteiger partial charge in [-0.2, -0.15) is 0 Å². The molecule has 69 heavy (non-hydrogen) atoms. The maximum Gasteiger partial charge on any atom is 0.302 e. The summed E-state index contributed by atoms with van der Waals surface area (Å²) in [6.07, 6.45) is 5.79. The first-order valence-electron chi connectivity index (χ1n) is 23.6. The number of aliphatic hydroxyl groups is 2. The van der Waals surface area contributed by atoms with E-state index in [1.54, 1.807) is 52.0 Å². The van der Waals surface area contributed by atoms with E-state index in [1.165, 1.54) is 53.2 Å². The summed E-state index contributed by atoms with van der Waals surface area (Å²) in [6, 6.07) is 3.31. The normalized spacial score (nSPS) is 29.7. The number of esters is 1. The number of hydrogen-bond donors (Lipinski definition) is 6. The van der Waals surface area contributed by atoms with Crippen molar-refractivity contribution in [2.45, 2.75) is 105 Å². The number of nitrogens with one attached hydrogen (secondary N) is 1. The third kappa shape index (κ3) is 9.59. The van der Waals surface area contributed by atoms with Crippen molar-refractivity contribution in [3.8, 4) is 28.7 Å². The number of methoxy groups -OCH3 is 1. The van der Waals surface area contributed by atoms with E-state index in [-0.39, 0.29) is 72.9 Å². The Labute approximate surface area is 400 Å². The number of aromatic hydroxyl groups is 2. The van der Waals surface area contributed by atoms with Crippen LogP contribution in [0.3, 0.4) is 0 Å². The average molecular weight is 956 g/mol. The fourth-order valence-electron chi connectivity index (χ4n) is 9.82. The van der Waals surface area contributed by atoms with Crippen LogP contribution in [-0.4, -0.2) is 123 Å². The first-order chi connectivity index (χ1) is 32.8. The highest BCUT2D eigenvalue weighted by Gasteiger charge is 2.49. The van der Waals surface area contributed by atoms with Crippen LogP contribution in [0.25, 0.3) is 33.3 Å². The number of phenolic OH excluding ortho intramolecular Hbond substituents is 2. The minimum Gasteiger partial charge on any atom is -0.507 e. The standard InChI is InChI=1S/C51H65N5O13/c1-11-12-17-55-18-20-56(21-19-55)32-23-33(58)39-35(24-32)68-48-40(52-39)36-37-44(61)30(7)47-38(36)49(54-64)51(9,69-47)66-22-16-34(65-10)27(4)46(67-31(8)57)29(6)43(60)28(5)42(59)25(2)14-13-15-26(3)50(63)53-41(48)45(37)62/h13-16,22-25,27-29,34,42-43,46,58-61,64H,11-12,17-21H2,1-10H3,(H,53,63)/b14-13+,22-16+,26-15-,54-49-/t25-,27+,28+,29+,34-,42-,43+,46+,51-/m0/s1. The lowest BCUT2D eigenvalue weighted by atomic mass is 9.78. The number of carbonyl (C=O) groups excluding carboxylic acids is 2. The number of anilines is 2. The Morgan fingerprint density at radius 1 is 1.00 bits per heavy atom. The summed E-state index contributed by atoms with van der Waals surface area (Å²) in [5.74, 6) is -6.76. The minimum absolute atomic E-state index is 0.0100. The maximum absolute atomic E-state index is 15.0. The Bertz CT molecular complexity index is 2760. The fraction of sp³-hybridized carbons (Fsp3) is 0.510. The largest absolute Gasteiger partial charge is 0.507 e. The Morgan fingerprint density at radius 2 is 1.71 bits per heavy atom. The Morgan fingerprint density at radius 3 is 2.36 bits per heavy atom. The zero-order chi connectivity index (χ0) is 50.2. The van der Waals surface area contributed by atoms with Gasteiger partial charge in [-0.25, -0.2) is 4.98 Å². The van der Waals surface area contributed by atoms with Crippen LogP contribution in [0.2, 0.25) is 0 Å². The van der Waals surface area contributed by atoms with E-state index in [1.807, 2.05) is 0 Å². The number of allylic oxidation sites excluding steroid dienone is 2. The van der Waals surface area contributed by atoms with Crippen molar-refractivity contribution in [1.29, 1.82) is 0 Å². The number of fused-ring (bicyclic) bond motifs is 14. The van der Waals surface area contributed by atoms with Crippen LogP contribution in [0.4, 0.5) is 11.4 Å². The molecule has 372 valence electrons. The summed E-state index contributed by atoms with van der Waals surface area (Å²) in [7, 11) is 1.45. The molecule has 1 amide bonds. The molecular formula is C51H65N5O13. The van der Waals surface area contributed by atoms with E-state index < -0.39 is 76.9 Å². The van der Waals surface area contributed by atoms with Gasteiger partial charge in [0.05, 0.1) is 35.5 Å². The van der Waals surface area contributed by atoms with Crippen molar-refractivity contribution < 1.29 is 58.6 Å². The monoisotopic (exact) mass is 955 g/mol. The zero-order valence-corrected chi connectivity index (χ0v) is 40.9. The van der Waals surface area contributed by atoms with Crippen LogP contribution < -0.4 is 20.4 Å². The number of ether oxygens (including phenoxy) is 4. The number of unbranched alkanes of at least 4 members (excludes halogenated alkanes) is 1. The van der Waals surface area contributed by atoms with E-state index in [4.69, 9.17) is 28.3 Å². The first-order valence-corrected chi connectivity index (χ1v) is 23.6. The lowest BCUT2D eigenvalue weighted by Crippen LogP contribution is -2.46. The second-order valence-corrected chi connectivity index (χ2v) is 18.8. The molecule has 0 spiro atoms. The number of piperazine rings is 1. The highest BCUT2D eigenvalue weighted by molar-refractivity contribution is 6.24. The molecular weight excluding hydrogens is 891 g/mol. The molecule has 0 radical (unpaired) electrons. The van der Waals surface area contributed by atoms with Crippen LogP contribution in [-0.2, 0) is 23.8 Å². The molecule has 1 fully saturated rings. The molecule has 5 bridgehead atoms. The van der Waals surface area contributed by atoms with Gasteiger partial charge in [0.2, 0.25) is 5.43 Å². The van der Waals surface area contributed by atoms with E-state index in [9.17, 15) is 40.0 Å². The highest BCUT2D eigenvalue weighted by atomic mass is 16.7. The fourth-order valence-corrected chi connectivity index (χ4v) is 9.82. The van der Waals surface area contributed by atoms with Crippen LogP contribution in [0.5, 0.6) is 17.2 Å². The molecule has 2 aromatic carbocycles. The van der Waals surface area contributed by atoms with Gasteiger partial charge in [0.15, 0.2) is 17.1 Å². The smallest absolute Gasteiger partial charge is 0.302 e. The number of carbonyl (C=O) groups is 2. The number of amides is 1. The molecule has 8 rings (SSSR count). The molecule has 0 saturated carbocycles. The minimum atomic E-state index is -1.93.